The van der Waals surface area contributed by atoms with Crippen molar-refractivity contribution in [3.8, 4) is 0 Å². The van der Waals surface area contributed by atoms with Gasteiger partial charge in [-0.05, 0) is 19.0 Å². The number of allylic oxidation sites excluding steroid dienone is 1. The molecule has 4 heteroatoms. The molecule has 5 N–H and O–H groups in total. The third-order valence-corrected chi connectivity index (χ3v) is 5.21. The van der Waals surface area contributed by atoms with Gasteiger partial charge in [0.05, 0.1) is 0 Å². The van der Waals surface area contributed by atoms with Crippen LogP contribution in [0.15, 0.2) is 12.3 Å². The zero-order valence-corrected chi connectivity index (χ0v) is 19.1. The van der Waals surface area contributed by atoms with Crippen LogP contribution in [-0.4, -0.2) is 39.3 Å². The predicted molar refractivity (Wildman–Crippen MR) is 127 cm³/mol. The lowest BCUT2D eigenvalue weighted by molar-refractivity contribution is 0.536. The van der Waals surface area contributed by atoms with E-state index >= 15 is 0 Å². The smallest absolute Gasteiger partial charge is 0.0266 e. The average Bonchev–Trinajstić information content (AvgIpc) is 2.71. The molecule has 0 aliphatic rings. The monoisotopic (exact) mass is 396 g/mol. The summed E-state index contributed by atoms with van der Waals surface area (Å²) in [5.41, 5.74) is 5.42. The van der Waals surface area contributed by atoms with E-state index in [1.165, 1.54) is 96.3 Å². The average molecular weight is 397 g/mol. The molecule has 0 saturated heterocycles. The number of hydrogen-bond acceptors (Lipinski definition) is 4. The summed E-state index contributed by atoms with van der Waals surface area (Å²) in [5, 5.41) is 10.0. The predicted octanol–water partition coefficient (Wildman–Crippen LogP) is 5.10. The van der Waals surface area contributed by atoms with E-state index in [9.17, 15) is 0 Å². The minimum absolute atomic E-state index is 0.714. The summed E-state index contributed by atoms with van der Waals surface area (Å²) in [6, 6.07) is 0. The van der Waals surface area contributed by atoms with E-state index in [0.717, 1.165) is 32.7 Å². The van der Waals surface area contributed by atoms with Crippen LogP contribution in [0.4, 0.5) is 0 Å². The van der Waals surface area contributed by atoms with E-state index in [1.807, 2.05) is 0 Å². The molecule has 0 fully saturated rings. The van der Waals surface area contributed by atoms with E-state index in [-0.39, 0.29) is 0 Å². The molecule has 0 rings (SSSR count). The molecule has 4 nitrogen and oxygen atoms in total. The first-order valence-corrected chi connectivity index (χ1v) is 12.4. The second-order valence-corrected chi connectivity index (χ2v) is 8.03. The molecule has 0 aromatic rings. The first kappa shape index (κ1) is 27.4. The molecule has 0 aromatic heterocycles. The summed E-state index contributed by atoms with van der Waals surface area (Å²) in [6.45, 7) is 7.91. The van der Waals surface area contributed by atoms with E-state index in [1.54, 1.807) is 0 Å². The zero-order chi connectivity index (χ0) is 20.4. The van der Waals surface area contributed by atoms with Crippen molar-refractivity contribution >= 4 is 0 Å². The molecule has 0 bridgehead atoms. The van der Waals surface area contributed by atoms with Crippen LogP contribution in [0.1, 0.15) is 103 Å². The Bertz CT molecular complexity index is 294. The maximum atomic E-state index is 5.42. The highest BCUT2D eigenvalue weighted by molar-refractivity contribution is 4.79. The van der Waals surface area contributed by atoms with Crippen molar-refractivity contribution < 1.29 is 0 Å². The Hall–Kier alpha value is -0.580. The Kier molecular flexibility index (Phi) is 25.9. The van der Waals surface area contributed by atoms with Crippen molar-refractivity contribution in [3.63, 3.8) is 0 Å². The lowest BCUT2D eigenvalue weighted by Gasteiger charge is -2.05. The second-order valence-electron chi connectivity index (χ2n) is 8.03. The van der Waals surface area contributed by atoms with Gasteiger partial charge in [-0.2, -0.15) is 0 Å². The van der Waals surface area contributed by atoms with Crippen molar-refractivity contribution in [1.29, 1.82) is 0 Å². The number of rotatable bonds is 24. The maximum Gasteiger partial charge on any atom is 0.0266 e. The highest BCUT2D eigenvalue weighted by Gasteiger charge is 1.93. The first-order chi connectivity index (χ1) is 13.9. The zero-order valence-electron chi connectivity index (χ0n) is 19.1. The third kappa shape index (κ3) is 25.4. The fraction of sp³-hybridized carbons (Fsp3) is 0.917. The SMILES string of the molecule is CCCCCCCCCCCCCCCCC=CNCCNCCNCCN. The van der Waals surface area contributed by atoms with Gasteiger partial charge in [-0.15, -0.1) is 0 Å². The molecule has 0 radical (unpaired) electrons. The number of nitrogens with one attached hydrogen (secondary N) is 3. The highest BCUT2D eigenvalue weighted by atomic mass is 15.0. The van der Waals surface area contributed by atoms with E-state index < -0.39 is 0 Å². The topological polar surface area (TPSA) is 62.1 Å². The van der Waals surface area contributed by atoms with Crippen LogP contribution in [-0.2, 0) is 0 Å². The lowest BCUT2D eigenvalue weighted by Crippen LogP contribution is -2.33. The molecule has 0 amide bonds. The normalized spacial score (nSPS) is 11.5. The van der Waals surface area contributed by atoms with Gasteiger partial charge in [0.1, 0.15) is 0 Å². The summed E-state index contributed by atoms with van der Waals surface area (Å²) < 4.78 is 0. The Labute approximate surface area is 176 Å². The van der Waals surface area contributed by atoms with Crippen molar-refractivity contribution in [1.82, 2.24) is 16.0 Å². The quantitative estimate of drug-likeness (QED) is 0.171. The Balaban J connectivity index is 3.04. The maximum absolute atomic E-state index is 5.42. The largest absolute Gasteiger partial charge is 0.390 e. The number of unbranched alkanes of at least 4 members (excludes halogenated alkanes) is 14. The summed E-state index contributed by atoms with van der Waals surface area (Å²) in [6.07, 6.45) is 25.6. The molecule has 0 saturated carbocycles. The molecule has 0 heterocycles. The number of hydrogen-bond donors (Lipinski definition) is 4. The molecular formula is C24H52N4. The van der Waals surface area contributed by atoms with Crippen LogP contribution >= 0.6 is 0 Å². The van der Waals surface area contributed by atoms with Gasteiger partial charge >= 0.3 is 0 Å². The van der Waals surface area contributed by atoms with Crippen LogP contribution < -0.4 is 21.7 Å². The van der Waals surface area contributed by atoms with E-state index in [4.69, 9.17) is 5.73 Å². The molecule has 0 aromatic carbocycles. The van der Waals surface area contributed by atoms with Crippen molar-refractivity contribution in [2.75, 3.05) is 39.3 Å². The van der Waals surface area contributed by atoms with Crippen LogP contribution in [0.2, 0.25) is 0 Å². The van der Waals surface area contributed by atoms with E-state index in [0.29, 0.717) is 6.54 Å². The van der Waals surface area contributed by atoms with Crippen LogP contribution in [0.5, 0.6) is 0 Å². The molecular weight excluding hydrogens is 344 g/mol. The van der Waals surface area contributed by atoms with E-state index in [2.05, 4.69) is 35.2 Å². The highest BCUT2D eigenvalue weighted by Crippen LogP contribution is 2.13. The van der Waals surface area contributed by atoms with Crippen molar-refractivity contribution in [3.05, 3.63) is 12.3 Å². The molecule has 168 valence electrons. The second kappa shape index (κ2) is 26.4. The molecule has 0 spiro atoms. The van der Waals surface area contributed by atoms with Crippen LogP contribution in [0.3, 0.4) is 0 Å². The van der Waals surface area contributed by atoms with Gasteiger partial charge < -0.3 is 21.7 Å². The van der Waals surface area contributed by atoms with Gasteiger partial charge in [0.2, 0.25) is 0 Å². The Morgan fingerprint density at radius 2 is 1.04 bits per heavy atom. The summed E-state index contributed by atoms with van der Waals surface area (Å²) in [4.78, 5) is 0. The van der Waals surface area contributed by atoms with Gasteiger partial charge in [0, 0.05) is 39.3 Å². The summed E-state index contributed by atoms with van der Waals surface area (Å²) >= 11 is 0. The Morgan fingerprint density at radius 1 is 0.571 bits per heavy atom. The van der Waals surface area contributed by atoms with Gasteiger partial charge in [-0.1, -0.05) is 96.5 Å². The Morgan fingerprint density at radius 3 is 1.57 bits per heavy atom. The standard InChI is InChI=1S/C24H52N4/c1-2-3-4-5-6-7-8-9-10-11-12-13-14-15-16-17-19-26-21-23-28-24-22-27-20-18-25/h17,19,26-28H,2-16,18,20-25H2,1H3. The van der Waals surface area contributed by atoms with Crippen molar-refractivity contribution in [2.45, 2.75) is 103 Å². The van der Waals surface area contributed by atoms with Gasteiger partial charge in [0.25, 0.3) is 0 Å². The third-order valence-electron chi connectivity index (χ3n) is 5.21. The molecule has 0 atom stereocenters. The van der Waals surface area contributed by atoms with Gasteiger partial charge in [-0.25, -0.2) is 0 Å². The fourth-order valence-corrected chi connectivity index (χ4v) is 3.40. The lowest BCUT2D eigenvalue weighted by atomic mass is 10.0. The molecule has 0 unspecified atom stereocenters. The molecule has 0 aliphatic carbocycles. The minimum Gasteiger partial charge on any atom is -0.390 e. The first-order valence-electron chi connectivity index (χ1n) is 12.4. The minimum atomic E-state index is 0.714. The van der Waals surface area contributed by atoms with Crippen LogP contribution in [0.25, 0.3) is 0 Å². The summed E-state index contributed by atoms with van der Waals surface area (Å²) in [5.74, 6) is 0. The fourth-order valence-electron chi connectivity index (χ4n) is 3.40. The van der Waals surface area contributed by atoms with Crippen LogP contribution in [0, 0.1) is 0 Å². The molecule has 28 heavy (non-hydrogen) atoms. The van der Waals surface area contributed by atoms with Gasteiger partial charge in [-0.3, -0.25) is 0 Å². The van der Waals surface area contributed by atoms with Crippen molar-refractivity contribution in [2.24, 2.45) is 5.73 Å². The number of nitrogens with two attached hydrogens (primary N) is 1. The molecule has 0 aliphatic heterocycles. The summed E-state index contributed by atoms with van der Waals surface area (Å²) in [7, 11) is 0. The van der Waals surface area contributed by atoms with Gasteiger partial charge in [0.15, 0.2) is 0 Å².